The number of amides is 2. The molecule has 1 heterocycles. The topological polar surface area (TPSA) is 76.7 Å². The first-order valence-corrected chi connectivity index (χ1v) is 7.76. The van der Waals surface area contributed by atoms with E-state index in [-0.39, 0.29) is 11.8 Å². The van der Waals surface area contributed by atoms with Crippen molar-refractivity contribution in [2.75, 3.05) is 31.8 Å². The molecule has 21 heavy (non-hydrogen) atoms. The SMILES string of the molecule is COc1ccc(OCCNC(=O)C2CSCC(=O)N2)cc1. The van der Waals surface area contributed by atoms with Gasteiger partial charge in [0.2, 0.25) is 11.8 Å². The molecule has 1 aliphatic rings. The third-order valence-electron chi connectivity index (χ3n) is 2.90. The van der Waals surface area contributed by atoms with Crippen LogP contribution in [-0.4, -0.2) is 49.6 Å². The van der Waals surface area contributed by atoms with E-state index in [1.807, 2.05) is 12.1 Å². The molecule has 1 aliphatic heterocycles. The fourth-order valence-electron chi connectivity index (χ4n) is 1.83. The number of benzene rings is 1. The van der Waals surface area contributed by atoms with Crippen LogP contribution in [0.1, 0.15) is 0 Å². The molecule has 1 fully saturated rings. The Labute approximate surface area is 127 Å². The summed E-state index contributed by atoms with van der Waals surface area (Å²) in [7, 11) is 1.60. The van der Waals surface area contributed by atoms with Gasteiger partial charge in [-0.2, -0.15) is 0 Å². The van der Waals surface area contributed by atoms with Gasteiger partial charge in [-0.15, -0.1) is 11.8 Å². The van der Waals surface area contributed by atoms with Crippen LogP contribution in [-0.2, 0) is 9.59 Å². The van der Waals surface area contributed by atoms with Crippen molar-refractivity contribution in [2.45, 2.75) is 6.04 Å². The molecule has 2 amide bonds. The summed E-state index contributed by atoms with van der Waals surface area (Å²) in [6.45, 7) is 0.758. The van der Waals surface area contributed by atoms with Gasteiger partial charge in [0.25, 0.3) is 0 Å². The summed E-state index contributed by atoms with van der Waals surface area (Å²) in [5.41, 5.74) is 0. The van der Waals surface area contributed by atoms with Gasteiger partial charge in [0, 0.05) is 5.75 Å². The smallest absolute Gasteiger partial charge is 0.243 e. The molecule has 2 rings (SSSR count). The fraction of sp³-hybridized carbons (Fsp3) is 0.429. The van der Waals surface area contributed by atoms with E-state index in [9.17, 15) is 9.59 Å². The Hall–Kier alpha value is -1.89. The number of carbonyl (C=O) groups is 2. The molecule has 1 aromatic rings. The Morgan fingerprint density at radius 2 is 2.10 bits per heavy atom. The zero-order valence-electron chi connectivity index (χ0n) is 11.8. The average Bonchev–Trinajstić information content (AvgIpc) is 2.52. The van der Waals surface area contributed by atoms with Crippen LogP contribution in [0.4, 0.5) is 0 Å². The fourth-order valence-corrected chi connectivity index (χ4v) is 2.68. The predicted molar refractivity (Wildman–Crippen MR) is 80.8 cm³/mol. The van der Waals surface area contributed by atoms with Gasteiger partial charge >= 0.3 is 0 Å². The molecular weight excluding hydrogens is 292 g/mol. The number of methoxy groups -OCH3 is 1. The van der Waals surface area contributed by atoms with Crippen LogP contribution >= 0.6 is 11.8 Å². The highest BCUT2D eigenvalue weighted by molar-refractivity contribution is 8.00. The van der Waals surface area contributed by atoms with Gasteiger partial charge in [-0.25, -0.2) is 0 Å². The molecule has 0 aromatic heterocycles. The van der Waals surface area contributed by atoms with Crippen LogP contribution in [0.15, 0.2) is 24.3 Å². The molecular formula is C14H18N2O4S. The molecule has 2 N–H and O–H groups in total. The molecule has 6 nitrogen and oxygen atoms in total. The first-order chi connectivity index (χ1) is 10.2. The number of rotatable bonds is 6. The minimum Gasteiger partial charge on any atom is -0.497 e. The van der Waals surface area contributed by atoms with Crippen LogP contribution in [0.2, 0.25) is 0 Å². The lowest BCUT2D eigenvalue weighted by Gasteiger charge is -2.22. The lowest BCUT2D eigenvalue weighted by molar-refractivity contribution is -0.127. The predicted octanol–water partition coefficient (Wildman–Crippen LogP) is 0.422. The molecule has 114 valence electrons. The van der Waals surface area contributed by atoms with E-state index >= 15 is 0 Å². The highest BCUT2D eigenvalue weighted by atomic mass is 32.2. The zero-order chi connectivity index (χ0) is 15.1. The quantitative estimate of drug-likeness (QED) is 0.745. The van der Waals surface area contributed by atoms with E-state index in [1.165, 1.54) is 11.8 Å². The Balaban J connectivity index is 1.66. The van der Waals surface area contributed by atoms with Crippen molar-refractivity contribution < 1.29 is 19.1 Å². The molecule has 0 aliphatic carbocycles. The summed E-state index contributed by atoms with van der Waals surface area (Å²) in [5, 5.41) is 5.41. The Morgan fingerprint density at radius 3 is 2.76 bits per heavy atom. The molecule has 0 spiro atoms. The van der Waals surface area contributed by atoms with Gasteiger partial charge in [-0.1, -0.05) is 0 Å². The molecule has 1 unspecified atom stereocenters. The molecule has 1 aromatic carbocycles. The largest absolute Gasteiger partial charge is 0.497 e. The third kappa shape index (κ3) is 4.86. The Morgan fingerprint density at radius 1 is 1.38 bits per heavy atom. The summed E-state index contributed by atoms with van der Waals surface area (Å²) in [6, 6.07) is 6.78. The van der Waals surface area contributed by atoms with Gasteiger partial charge in [-0.05, 0) is 24.3 Å². The van der Waals surface area contributed by atoms with Crippen molar-refractivity contribution in [3.05, 3.63) is 24.3 Å². The average molecular weight is 310 g/mol. The maximum Gasteiger partial charge on any atom is 0.243 e. The van der Waals surface area contributed by atoms with Gasteiger partial charge in [0.05, 0.1) is 19.4 Å². The van der Waals surface area contributed by atoms with Crippen molar-refractivity contribution >= 4 is 23.6 Å². The maximum absolute atomic E-state index is 11.8. The van der Waals surface area contributed by atoms with Crippen molar-refractivity contribution in [1.29, 1.82) is 0 Å². The monoisotopic (exact) mass is 310 g/mol. The van der Waals surface area contributed by atoms with Crippen molar-refractivity contribution in [1.82, 2.24) is 10.6 Å². The number of thioether (sulfide) groups is 1. The van der Waals surface area contributed by atoms with E-state index in [0.29, 0.717) is 30.4 Å². The summed E-state index contributed by atoms with van der Waals surface area (Å²) in [6.07, 6.45) is 0. The number of nitrogens with one attached hydrogen (secondary N) is 2. The first kappa shape index (κ1) is 15.5. The van der Waals surface area contributed by atoms with Gasteiger partial charge in [0.1, 0.15) is 24.1 Å². The molecule has 1 saturated heterocycles. The summed E-state index contributed by atoms with van der Waals surface area (Å²) in [5.74, 6) is 2.24. The van der Waals surface area contributed by atoms with Crippen LogP contribution in [0, 0.1) is 0 Å². The van der Waals surface area contributed by atoms with Crippen molar-refractivity contribution in [3.8, 4) is 11.5 Å². The summed E-state index contributed by atoms with van der Waals surface area (Å²) < 4.78 is 10.6. The van der Waals surface area contributed by atoms with E-state index in [0.717, 1.165) is 5.75 Å². The van der Waals surface area contributed by atoms with Crippen LogP contribution in [0.5, 0.6) is 11.5 Å². The number of hydrogen-bond donors (Lipinski definition) is 2. The molecule has 1 atom stereocenters. The second-order valence-electron chi connectivity index (χ2n) is 4.45. The molecule has 0 bridgehead atoms. The minimum atomic E-state index is -0.447. The molecule has 0 saturated carbocycles. The van der Waals surface area contributed by atoms with Crippen molar-refractivity contribution in [2.24, 2.45) is 0 Å². The van der Waals surface area contributed by atoms with E-state index in [1.54, 1.807) is 19.2 Å². The van der Waals surface area contributed by atoms with Crippen LogP contribution in [0.25, 0.3) is 0 Å². The van der Waals surface area contributed by atoms with Gasteiger partial charge in [0.15, 0.2) is 0 Å². The maximum atomic E-state index is 11.8. The summed E-state index contributed by atoms with van der Waals surface area (Å²) in [4.78, 5) is 23.0. The number of carbonyl (C=O) groups excluding carboxylic acids is 2. The lowest BCUT2D eigenvalue weighted by atomic mass is 10.3. The molecule has 0 radical (unpaired) electrons. The zero-order valence-corrected chi connectivity index (χ0v) is 12.6. The second kappa shape index (κ2) is 7.78. The van der Waals surface area contributed by atoms with Gasteiger partial charge in [-0.3, -0.25) is 9.59 Å². The standard InChI is InChI=1S/C14H18N2O4S/c1-19-10-2-4-11(5-3-10)20-7-6-15-14(18)12-8-21-9-13(17)16-12/h2-5,12H,6-9H2,1H3,(H,15,18)(H,16,17). The molecule has 7 heteroatoms. The van der Waals surface area contributed by atoms with Crippen LogP contribution < -0.4 is 20.1 Å². The van der Waals surface area contributed by atoms with E-state index in [4.69, 9.17) is 9.47 Å². The first-order valence-electron chi connectivity index (χ1n) is 6.60. The Kier molecular flexibility index (Phi) is 5.74. The minimum absolute atomic E-state index is 0.0964. The van der Waals surface area contributed by atoms with E-state index < -0.39 is 6.04 Å². The normalized spacial score (nSPS) is 17.8. The van der Waals surface area contributed by atoms with Crippen LogP contribution in [0.3, 0.4) is 0 Å². The van der Waals surface area contributed by atoms with E-state index in [2.05, 4.69) is 10.6 Å². The summed E-state index contributed by atoms with van der Waals surface area (Å²) >= 11 is 1.46. The lowest BCUT2D eigenvalue weighted by Crippen LogP contribution is -2.52. The third-order valence-corrected chi connectivity index (χ3v) is 3.93. The highest BCUT2D eigenvalue weighted by Gasteiger charge is 2.24. The van der Waals surface area contributed by atoms with Crippen molar-refractivity contribution in [3.63, 3.8) is 0 Å². The second-order valence-corrected chi connectivity index (χ2v) is 5.48. The highest BCUT2D eigenvalue weighted by Crippen LogP contribution is 2.16. The number of ether oxygens (including phenoxy) is 2. The van der Waals surface area contributed by atoms with Gasteiger partial charge < -0.3 is 20.1 Å². The Bertz CT molecular complexity index is 492. The number of hydrogen-bond acceptors (Lipinski definition) is 5.